The van der Waals surface area contributed by atoms with Gasteiger partial charge in [0.1, 0.15) is 5.69 Å². The van der Waals surface area contributed by atoms with Crippen molar-refractivity contribution >= 4 is 22.8 Å². The van der Waals surface area contributed by atoms with E-state index in [9.17, 15) is 20.2 Å². The predicted octanol–water partition coefficient (Wildman–Crippen LogP) is 3.65. The van der Waals surface area contributed by atoms with Crippen LogP contribution in [0.5, 0.6) is 0 Å². The Morgan fingerprint density at radius 3 is 2.39 bits per heavy atom. The number of hydrazone groups is 1. The van der Waals surface area contributed by atoms with Crippen molar-refractivity contribution in [1.82, 2.24) is 0 Å². The maximum atomic E-state index is 11.1. The molecular formula is C15H14N4O4. The molecule has 0 saturated carbocycles. The lowest BCUT2D eigenvalue weighted by molar-refractivity contribution is -0.393. The van der Waals surface area contributed by atoms with Gasteiger partial charge in [0.25, 0.3) is 5.69 Å². The second kappa shape index (κ2) is 6.65. The Balaban J connectivity index is 2.33. The van der Waals surface area contributed by atoms with E-state index in [0.717, 1.165) is 17.2 Å². The average molecular weight is 314 g/mol. The third-order valence-corrected chi connectivity index (χ3v) is 3.27. The Kier molecular flexibility index (Phi) is 4.65. The van der Waals surface area contributed by atoms with Crippen LogP contribution in [-0.4, -0.2) is 15.6 Å². The van der Waals surface area contributed by atoms with E-state index in [2.05, 4.69) is 10.5 Å². The predicted molar refractivity (Wildman–Crippen MR) is 86.8 cm³/mol. The van der Waals surface area contributed by atoms with Gasteiger partial charge in [0.2, 0.25) is 0 Å². The van der Waals surface area contributed by atoms with E-state index in [1.165, 1.54) is 12.1 Å². The summed E-state index contributed by atoms with van der Waals surface area (Å²) in [5.41, 5.74) is 4.53. The Morgan fingerprint density at radius 1 is 1.09 bits per heavy atom. The minimum atomic E-state index is -0.687. The SMILES string of the molecule is CC(=NNc1ccc([N+](=O)[O-])cc1[N+](=O)[O-])c1ccccc1C. The van der Waals surface area contributed by atoms with Crippen molar-refractivity contribution in [3.8, 4) is 0 Å². The molecule has 0 bridgehead atoms. The number of aryl methyl sites for hydroxylation is 1. The van der Waals surface area contributed by atoms with Crippen LogP contribution >= 0.6 is 0 Å². The van der Waals surface area contributed by atoms with Crippen molar-refractivity contribution in [3.05, 3.63) is 73.8 Å². The maximum Gasteiger partial charge on any atom is 0.301 e. The summed E-state index contributed by atoms with van der Waals surface area (Å²) in [4.78, 5) is 20.4. The van der Waals surface area contributed by atoms with Crippen LogP contribution in [0.15, 0.2) is 47.6 Å². The number of nitro benzene ring substituents is 2. The third-order valence-electron chi connectivity index (χ3n) is 3.27. The zero-order valence-electron chi connectivity index (χ0n) is 12.5. The standard InChI is InChI=1S/C15H14N4O4/c1-10-5-3-4-6-13(10)11(2)16-17-14-8-7-12(18(20)21)9-15(14)19(22)23/h3-9,17H,1-2H3. The molecule has 0 amide bonds. The average Bonchev–Trinajstić information content (AvgIpc) is 2.52. The minimum absolute atomic E-state index is 0.0912. The molecule has 118 valence electrons. The first-order chi connectivity index (χ1) is 10.9. The van der Waals surface area contributed by atoms with Crippen molar-refractivity contribution in [2.45, 2.75) is 13.8 Å². The van der Waals surface area contributed by atoms with Crippen LogP contribution in [0.3, 0.4) is 0 Å². The number of benzene rings is 2. The fraction of sp³-hybridized carbons (Fsp3) is 0.133. The summed E-state index contributed by atoms with van der Waals surface area (Å²) < 4.78 is 0. The van der Waals surface area contributed by atoms with Gasteiger partial charge >= 0.3 is 5.69 Å². The van der Waals surface area contributed by atoms with Gasteiger partial charge in [-0.25, -0.2) is 0 Å². The van der Waals surface area contributed by atoms with Gasteiger partial charge in [-0.15, -0.1) is 0 Å². The first-order valence-corrected chi connectivity index (χ1v) is 6.69. The Hall–Kier alpha value is -3.29. The second-order valence-corrected chi connectivity index (χ2v) is 4.84. The van der Waals surface area contributed by atoms with Gasteiger partial charge in [-0.05, 0) is 25.5 Å². The number of nitrogens with one attached hydrogen (secondary N) is 1. The van der Waals surface area contributed by atoms with Crippen LogP contribution in [0, 0.1) is 27.2 Å². The topological polar surface area (TPSA) is 111 Å². The summed E-state index contributed by atoms with van der Waals surface area (Å²) >= 11 is 0. The first-order valence-electron chi connectivity index (χ1n) is 6.69. The molecule has 0 aliphatic rings. The molecule has 0 fully saturated rings. The Bertz CT molecular complexity index is 802. The molecular weight excluding hydrogens is 300 g/mol. The monoisotopic (exact) mass is 314 g/mol. The molecule has 0 aromatic heterocycles. The maximum absolute atomic E-state index is 11.1. The largest absolute Gasteiger partial charge is 0.301 e. The normalized spacial score (nSPS) is 11.1. The van der Waals surface area contributed by atoms with Crippen molar-refractivity contribution < 1.29 is 9.85 Å². The highest BCUT2D eigenvalue weighted by atomic mass is 16.6. The Morgan fingerprint density at radius 2 is 1.78 bits per heavy atom. The van der Waals surface area contributed by atoms with E-state index in [1.54, 1.807) is 6.92 Å². The van der Waals surface area contributed by atoms with E-state index >= 15 is 0 Å². The zero-order valence-corrected chi connectivity index (χ0v) is 12.5. The third kappa shape index (κ3) is 3.67. The molecule has 2 aromatic carbocycles. The van der Waals surface area contributed by atoms with Crippen LogP contribution < -0.4 is 5.43 Å². The number of anilines is 1. The molecule has 0 unspecified atom stereocenters. The molecule has 0 heterocycles. The van der Waals surface area contributed by atoms with Gasteiger partial charge in [0.05, 0.1) is 21.6 Å². The number of hydrogen-bond donors (Lipinski definition) is 1. The van der Waals surface area contributed by atoms with Crippen LogP contribution in [0.2, 0.25) is 0 Å². The van der Waals surface area contributed by atoms with E-state index in [1.807, 2.05) is 31.2 Å². The van der Waals surface area contributed by atoms with Crippen molar-refractivity contribution in [3.63, 3.8) is 0 Å². The molecule has 2 rings (SSSR count). The summed E-state index contributed by atoms with van der Waals surface area (Å²) in [5, 5.41) is 25.9. The van der Waals surface area contributed by atoms with E-state index in [4.69, 9.17) is 0 Å². The summed E-state index contributed by atoms with van der Waals surface area (Å²) in [7, 11) is 0. The molecule has 8 nitrogen and oxygen atoms in total. The highest BCUT2D eigenvalue weighted by molar-refractivity contribution is 6.00. The lowest BCUT2D eigenvalue weighted by atomic mass is 10.1. The molecule has 0 spiro atoms. The second-order valence-electron chi connectivity index (χ2n) is 4.84. The van der Waals surface area contributed by atoms with Gasteiger partial charge in [-0.2, -0.15) is 5.10 Å². The zero-order chi connectivity index (χ0) is 17.0. The molecule has 23 heavy (non-hydrogen) atoms. The van der Waals surface area contributed by atoms with Crippen LogP contribution in [0.4, 0.5) is 17.1 Å². The van der Waals surface area contributed by atoms with Gasteiger partial charge in [-0.3, -0.25) is 25.7 Å². The van der Waals surface area contributed by atoms with E-state index in [-0.39, 0.29) is 11.4 Å². The van der Waals surface area contributed by atoms with Gasteiger partial charge in [-0.1, -0.05) is 24.3 Å². The van der Waals surface area contributed by atoms with Gasteiger partial charge in [0, 0.05) is 11.6 Å². The summed E-state index contributed by atoms with van der Waals surface area (Å²) in [5.74, 6) is 0. The molecule has 8 heteroatoms. The molecule has 2 aromatic rings. The van der Waals surface area contributed by atoms with Crippen molar-refractivity contribution in [1.29, 1.82) is 0 Å². The van der Waals surface area contributed by atoms with E-state index in [0.29, 0.717) is 5.71 Å². The smallest absolute Gasteiger partial charge is 0.271 e. The molecule has 0 atom stereocenters. The number of nitrogens with zero attached hydrogens (tertiary/aromatic N) is 3. The van der Waals surface area contributed by atoms with Crippen molar-refractivity contribution in [2.75, 3.05) is 5.43 Å². The summed E-state index contributed by atoms with van der Waals surface area (Å²) in [6, 6.07) is 11.0. The van der Waals surface area contributed by atoms with Crippen LogP contribution in [-0.2, 0) is 0 Å². The molecule has 0 aliphatic carbocycles. The fourth-order valence-electron chi connectivity index (χ4n) is 2.06. The molecule has 0 saturated heterocycles. The van der Waals surface area contributed by atoms with Crippen LogP contribution in [0.1, 0.15) is 18.1 Å². The number of nitro groups is 2. The first kappa shape index (κ1) is 16.1. The molecule has 0 aliphatic heterocycles. The quantitative estimate of drug-likeness (QED) is 0.514. The van der Waals surface area contributed by atoms with E-state index < -0.39 is 15.5 Å². The van der Waals surface area contributed by atoms with Crippen LogP contribution in [0.25, 0.3) is 0 Å². The number of rotatable bonds is 5. The number of non-ortho nitro benzene ring substituents is 1. The lowest BCUT2D eigenvalue weighted by Crippen LogP contribution is -2.03. The fourth-order valence-corrected chi connectivity index (χ4v) is 2.06. The van der Waals surface area contributed by atoms with Crippen molar-refractivity contribution in [2.24, 2.45) is 5.10 Å². The number of hydrogen-bond acceptors (Lipinski definition) is 6. The molecule has 1 N–H and O–H groups in total. The van der Waals surface area contributed by atoms with Gasteiger partial charge < -0.3 is 0 Å². The summed E-state index contributed by atoms with van der Waals surface area (Å²) in [6.45, 7) is 3.70. The summed E-state index contributed by atoms with van der Waals surface area (Å²) in [6.07, 6.45) is 0. The van der Waals surface area contributed by atoms with Gasteiger partial charge in [0.15, 0.2) is 0 Å². The molecule has 0 radical (unpaired) electrons. The highest BCUT2D eigenvalue weighted by Gasteiger charge is 2.19. The minimum Gasteiger partial charge on any atom is -0.271 e. The lowest BCUT2D eigenvalue weighted by Gasteiger charge is -2.06. The highest BCUT2D eigenvalue weighted by Crippen LogP contribution is 2.29. The Labute approximate surface area is 131 Å².